The smallest absolute Gasteiger partial charge is 0.289 e. The number of benzene rings is 3. The van der Waals surface area contributed by atoms with Gasteiger partial charge in [0.1, 0.15) is 25.2 Å². The number of carbonyl (C=O) groups is 2. The van der Waals surface area contributed by atoms with Crippen LogP contribution in [0.4, 0.5) is 5.69 Å². The number of hydrogen-bond acceptors (Lipinski definition) is 8. The van der Waals surface area contributed by atoms with Crippen molar-refractivity contribution in [1.29, 1.82) is 0 Å². The predicted molar refractivity (Wildman–Crippen MR) is 169 cm³/mol. The highest BCUT2D eigenvalue weighted by molar-refractivity contribution is 7.90. The number of carbonyl (C=O) groups excluding carboxylic acids is 2. The standard InChI is InChI=1S/C31H29N7O6S2/c1-4-37-30(40)24(17-27(39)32-21-13-11-20(12-14-21)28-33-23-7-5-6-8-26(23)43-28)38(31(37)45)18-25-29(44-35-36(25)3)34-46(41,42)22-15-9-19(2)10-16-22/h5-16,24H,4,17-18H2,1-3H3,(H,32,39)/b34-29-. The van der Waals surface area contributed by atoms with Gasteiger partial charge in [-0.1, -0.05) is 29.8 Å². The number of amides is 2. The van der Waals surface area contributed by atoms with Gasteiger partial charge in [-0.15, -0.1) is 4.40 Å². The summed E-state index contributed by atoms with van der Waals surface area (Å²) in [6, 6.07) is 19.7. The first-order valence-corrected chi connectivity index (χ1v) is 16.2. The third-order valence-corrected chi connectivity index (χ3v) is 9.27. The fourth-order valence-electron chi connectivity index (χ4n) is 5.05. The molecule has 0 aliphatic carbocycles. The Morgan fingerprint density at radius 3 is 2.52 bits per heavy atom. The zero-order valence-corrected chi connectivity index (χ0v) is 26.7. The van der Waals surface area contributed by atoms with Crippen molar-refractivity contribution in [2.24, 2.45) is 11.4 Å². The van der Waals surface area contributed by atoms with Crippen LogP contribution in [0.15, 0.2) is 91.0 Å². The highest BCUT2D eigenvalue weighted by atomic mass is 32.2. The molecule has 1 aliphatic heterocycles. The number of anilines is 1. The van der Waals surface area contributed by atoms with Gasteiger partial charge in [0.25, 0.3) is 27.2 Å². The number of nitrogens with one attached hydrogen (secondary N) is 1. The van der Waals surface area contributed by atoms with Gasteiger partial charge in [0.05, 0.1) is 11.3 Å². The highest BCUT2D eigenvalue weighted by Crippen LogP contribution is 2.26. The molecule has 1 atom stereocenters. The van der Waals surface area contributed by atoms with Gasteiger partial charge in [-0.25, -0.2) is 9.67 Å². The lowest BCUT2D eigenvalue weighted by molar-refractivity contribution is -0.752. The lowest BCUT2D eigenvalue weighted by Gasteiger charge is -2.22. The van der Waals surface area contributed by atoms with E-state index in [-0.39, 0.29) is 40.1 Å². The molecule has 0 bridgehead atoms. The summed E-state index contributed by atoms with van der Waals surface area (Å²) in [5, 5.41) is 6.87. The first-order valence-electron chi connectivity index (χ1n) is 14.3. The predicted octanol–water partition coefficient (Wildman–Crippen LogP) is 2.81. The Morgan fingerprint density at radius 1 is 1.11 bits per heavy atom. The molecule has 236 valence electrons. The van der Waals surface area contributed by atoms with Crippen LogP contribution < -0.4 is 20.8 Å². The molecule has 0 radical (unpaired) electrons. The Kier molecular flexibility index (Phi) is 8.27. The third-order valence-electron chi connectivity index (χ3n) is 7.54. The number of para-hydroxylation sites is 2. The zero-order chi connectivity index (χ0) is 32.6. The van der Waals surface area contributed by atoms with Crippen molar-refractivity contribution >= 4 is 56.0 Å². The summed E-state index contributed by atoms with van der Waals surface area (Å²) < 4.78 is 42.3. The summed E-state index contributed by atoms with van der Waals surface area (Å²) in [6.45, 7) is 3.83. The summed E-state index contributed by atoms with van der Waals surface area (Å²) in [4.78, 5) is 34.1. The Morgan fingerprint density at radius 2 is 1.83 bits per heavy atom. The van der Waals surface area contributed by atoms with Crippen molar-refractivity contribution in [2.75, 3.05) is 11.9 Å². The van der Waals surface area contributed by atoms with E-state index in [2.05, 4.69) is 20.0 Å². The molecule has 2 amide bonds. The van der Waals surface area contributed by atoms with Crippen LogP contribution in [0.3, 0.4) is 0 Å². The van der Waals surface area contributed by atoms with Crippen LogP contribution in [0.2, 0.25) is 0 Å². The largest absolute Gasteiger partial charge is 0.486 e. The molecule has 1 fully saturated rings. The van der Waals surface area contributed by atoms with Crippen molar-refractivity contribution in [3.8, 4) is 11.5 Å². The van der Waals surface area contributed by atoms with Gasteiger partial charge in [0, 0.05) is 17.8 Å². The minimum Gasteiger partial charge on any atom is -0.486 e. The van der Waals surface area contributed by atoms with Gasteiger partial charge < -0.3 is 19.2 Å². The maximum Gasteiger partial charge on any atom is 0.289 e. The molecular weight excluding hydrogens is 631 g/mol. The summed E-state index contributed by atoms with van der Waals surface area (Å²) in [5.41, 5.74) is 3.57. The molecule has 3 aromatic carbocycles. The van der Waals surface area contributed by atoms with E-state index in [1.165, 1.54) is 21.7 Å². The van der Waals surface area contributed by atoms with Crippen molar-refractivity contribution in [2.45, 2.75) is 37.8 Å². The highest BCUT2D eigenvalue weighted by Gasteiger charge is 2.44. The molecule has 46 heavy (non-hydrogen) atoms. The molecule has 5 aromatic rings. The van der Waals surface area contributed by atoms with Crippen molar-refractivity contribution in [3.63, 3.8) is 0 Å². The molecule has 0 saturated carbocycles. The monoisotopic (exact) mass is 659 g/mol. The number of rotatable bonds is 9. The number of fused-ring (bicyclic) bond motifs is 1. The number of oxazole rings is 1. The second-order valence-corrected chi connectivity index (χ2v) is 12.6. The summed E-state index contributed by atoms with van der Waals surface area (Å²) in [5.74, 6) is -0.307. The maximum absolute atomic E-state index is 13.4. The molecule has 3 heterocycles. The van der Waals surface area contributed by atoms with Gasteiger partial charge in [-0.05, 0) is 74.6 Å². The van der Waals surface area contributed by atoms with E-state index < -0.39 is 22.0 Å². The number of hydrogen-bond donors (Lipinski definition) is 1. The first-order chi connectivity index (χ1) is 22.0. The number of likely N-dealkylation sites (N-methyl/N-ethyl adjacent to an activating group) is 1. The van der Waals surface area contributed by atoms with Crippen molar-refractivity contribution in [1.82, 2.24) is 20.1 Å². The van der Waals surface area contributed by atoms with E-state index in [1.807, 2.05) is 31.2 Å². The number of sulfonamides is 1. The topological polar surface area (TPSA) is 156 Å². The minimum absolute atomic E-state index is 0.0106. The molecule has 15 heteroatoms. The number of aromatic nitrogens is 3. The van der Waals surface area contributed by atoms with Crippen LogP contribution >= 0.6 is 12.2 Å². The summed E-state index contributed by atoms with van der Waals surface area (Å²) in [7, 11) is -2.58. The molecule has 2 aromatic heterocycles. The Hall–Kier alpha value is -5.15. The second kappa shape index (κ2) is 12.3. The lowest BCUT2D eigenvalue weighted by Crippen LogP contribution is -2.45. The van der Waals surface area contributed by atoms with Crippen LogP contribution in [0.1, 0.15) is 24.6 Å². The van der Waals surface area contributed by atoms with E-state index in [0.29, 0.717) is 23.7 Å². The van der Waals surface area contributed by atoms with Gasteiger partial charge in [-0.3, -0.25) is 19.8 Å². The van der Waals surface area contributed by atoms with E-state index in [0.717, 1.165) is 16.6 Å². The SMILES string of the molecule is CCN1C(=O)C(CC(=O)Nc2ccc(-c3nc4ccccc4o3)cc2)N(Cc2/c(=N/S(=O)(=O)c3ccc(C)cc3)o[n-][n+]2C)C1=S. The van der Waals surface area contributed by atoms with E-state index in [4.69, 9.17) is 21.2 Å². The average molecular weight is 660 g/mol. The summed E-state index contributed by atoms with van der Waals surface area (Å²) >= 11 is 5.62. The van der Waals surface area contributed by atoms with Crippen LogP contribution in [0.25, 0.3) is 22.6 Å². The maximum atomic E-state index is 13.4. The van der Waals surface area contributed by atoms with Crippen molar-refractivity contribution in [3.05, 3.63) is 89.6 Å². The van der Waals surface area contributed by atoms with E-state index in [1.54, 1.807) is 55.3 Å². The molecular formula is C31H29N7O6S2. The van der Waals surface area contributed by atoms with Crippen LogP contribution in [0, 0.1) is 6.92 Å². The average Bonchev–Trinajstić information content (AvgIpc) is 3.68. The number of nitrogens with zero attached hydrogens (tertiary/aromatic N) is 6. The Bertz CT molecular complexity index is 2100. The van der Waals surface area contributed by atoms with Crippen LogP contribution in [-0.4, -0.2) is 52.7 Å². The molecule has 13 nitrogen and oxygen atoms in total. The normalized spacial score (nSPS) is 15.7. The number of aryl methyl sites for hydroxylation is 2. The van der Waals surface area contributed by atoms with Crippen molar-refractivity contribution < 1.29 is 31.6 Å². The number of thiocarbonyl (C=S) groups is 1. The lowest BCUT2D eigenvalue weighted by atomic mass is 10.1. The second-order valence-electron chi connectivity index (χ2n) is 10.7. The molecule has 1 N–H and O–H groups in total. The molecule has 1 saturated heterocycles. The van der Waals surface area contributed by atoms with Crippen LogP contribution in [-0.2, 0) is 33.2 Å². The van der Waals surface area contributed by atoms with E-state index in [9.17, 15) is 18.0 Å². The summed E-state index contributed by atoms with van der Waals surface area (Å²) in [6.07, 6.45) is -0.217. The first kappa shape index (κ1) is 30.9. The van der Waals surface area contributed by atoms with E-state index >= 15 is 0 Å². The molecule has 6 rings (SSSR count). The fourth-order valence-corrected chi connectivity index (χ4v) is 6.41. The molecule has 1 unspecified atom stereocenters. The van der Waals surface area contributed by atoms with Gasteiger partial charge >= 0.3 is 0 Å². The Labute approximate surface area is 269 Å². The minimum atomic E-state index is -4.13. The molecule has 0 spiro atoms. The van der Waals surface area contributed by atoms with Gasteiger partial charge in [0.15, 0.2) is 10.7 Å². The fraction of sp³-hybridized carbons (Fsp3) is 0.226. The zero-order valence-electron chi connectivity index (χ0n) is 25.1. The third kappa shape index (κ3) is 6.06. The van der Waals surface area contributed by atoms with Crippen LogP contribution in [0.5, 0.6) is 0 Å². The van der Waals surface area contributed by atoms with Gasteiger partial charge in [-0.2, -0.15) is 8.42 Å². The quantitative estimate of drug-likeness (QED) is 0.184. The Balaban J connectivity index is 1.21. The van der Waals surface area contributed by atoms with Gasteiger partial charge in [0.2, 0.25) is 11.8 Å². The molecule has 1 aliphatic rings.